The average Bonchev–Trinajstić information content (AvgIpc) is 2.18. The molecule has 0 aliphatic heterocycles. The summed E-state index contributed by atoms with van der Waals surface area (Å²) >= 11 is 5.83. The fraction of sp³-hybridized carbons (Fsp3) is 0.400. The smallest absolute Gasteiger partial charge is 0.253 e. The minimum Gasteiger partial charge on any atom is -0.383 e. The second kappa shape index (κ2) is 5.68. The number of methoxy groups -OCH3 is 1. The van der Waals surface area contributed by atoms with Gasteiger partial charge in [-0.15, -0.1) is 0 Å². The van der Waals surface area contributed by atoms with Crippen LogP contribution in [0.2, 0.25) is 5.02 Å². The van der Waals surface area contributed by atoms with E-state index in [4.69, 9.17) is 16.3 Å². The predicted molar refractivity (Wildman–Crippen MR) is 58.1 cm³/mol. The molecule has 0 aliphatic carbocycles. The monoisotopic (exact) mass is 228 g/mol. The molecule has 1 atom stereocenters. The first-order valence-corrected chi connectivity index (χ1v) is 4.92. The number of hydrogen-bond acceptors (Lipinski definition) is 3. The zero-order chi connectivity index (χ0) is 11.3. The number of carbonyl (C=O) groups excluding carboxylic acids is 1. The highest BCUT2D eigenvalue weighted by atomic mass is 35.5. The first-order chi connectivity index (χ1) is 7.15. The van der Waals surface area contributed by atoms with Gasteiger partial charge in [0.05, 0.1) is 17.2 Å². The summed E-state index contributed by atoms with van der Waals surface area (Å²) in [4.78, 5) is 15.5. The lowest BCUT2D eigenvalue weighted by Crippen LogP contribution is -2.35. The Morgan fingerprint density at radius 3 is 3.07 bits per heavy atom. The summed E-state index contributed by atoms with van der Waals surface area (Å²) in [5.41, 5.74) is 0.426. The van der Waals surface area contributed by atoms with Crippen LogP contribution in [0.15, 0.2) is 18.5 Å². The Labute approximate surface area is 93.6 Å². The number of halogens is 1. The number of pyridine rings is 1. The van der Waals surface area contributed by atoms with Crippen molar-refractivity contribution in [1.82, 2.24) is 10.3 Å². The molecule has 1 aromatic rings. The van der Waals surface area contributed by atoms with E-state index in [1.54, 1.807) is 13.2 Å². The Balaban J connectivity index is 2.65. The molecule has 0 aliphatic rings. The largest absolute Gasteiger partial charge is 0.383 e. The van der Waals surface area contributed by atoms with Crippen LogP contribution in [0.4, 0.5) is 0 Å². The topological polar surface area (TPSA) is 51.2 Å². The second-order valence-corrected chi connectivity index (χ2v) is 3.59. The van der Waals surface area contributed by atoms with Gasteiger partial charge in [-0.2, -0.15) is 0 Å². The Kier molecular flexibility index (Phi) is 4.52. The third-order valence-corrected chi connectivity index (χ3v) is 2.11. The highest BCUT2D eigenvalue weighted by Gasteiger charge is 2.12. The Hall–Kier alpha value is -1.13. The maximum absolute atomic E-state index is 11.7. The molecule has 5 heteroatoms. The minimum atomic E-state index is -0.216. The zero-order valence-electron chi connectivity index (χ0n) is 8.66. The summed E-state index contributed by atoms with van der Waals surface area (Å²) in [6.45, 7) is 2.32. The quantitative estimate of drug-likeness (QED) is 0.850. The van der Waals surface area contributed by atoms with Crippen molar-refractivity contribution in [2.24, 2.45) is 0 Å². The molecule has 1 rings (SSSR count). The van der Waals surface area contributed by atoms with Crippen molar-refractivity contribution in [3.05, 3.63) is 29.0 Å². The van der Waals surface area contributed by atoms with Crippen molar-refractivity contribution >= 4 is 17.5 Å². The van der Waals surface area contributed by atoms with E-state index in [1.165, 1.54) is 12.4 Å². The molecule has 15 heavy (non-hydrogen) atoms. The molecular weight excluding hydrogens is 216 g/mol. The fourth-order valence-corrected chi connectivity index (χ4v) is 1.36. The van der Waals surface area contributed by atoms with Crippen molar-refractivity contribution in [2.75, 3.05) is 13.7 Å². The number of nitrogens with one attached hydrogen (secondary N) is 1. The zero-order valence-corrected chi connectivity index (χ0v) is 9.41. The second-order valence-electron chi connectivity index (χ2n) is 3.19. The van der Waals surface area contributed by atoms with Crippen LogP contribution < -0.4 is 5.32 Å². The van der Waals surface area contributed by atoms with Gasteiger partial charge in [0.15, 0.2) is 0 Å². The molecule has 1 aromatic heterocycles. The summed E-state index contributed by atoms with van der Waals surface area (Å²) in [7, 11) is 1.59. The maximum atomic E-state index is 11.7. The van der Waals surface area contributed by atoms with Crippen LogP contribution in [0.25, 0.3) is 0 Å². The highest BCUT2D eigenvalue weighted by molar-refractivity contribution is 6.33. The number of carbonyl (C=O) groups is 1. The number of rotatable bonds is 4. The van der Waals surface area contributed by atoms with E-state index >= 15 is 0 Å². The van der Waals surface area contributed by atoms with Gasteiger partial charge in [-0.05, 0) is 13.0 Å². The van der Waals surface area contributed by atoms with Gasteiger partial charge in [-0.25, -0.2) is 0 Å². The normalized spacial score (nSPS) is 12.2. The molecule has 0 spiro atoms. The highest BCUT2D eigenvalue weighted by Crippen LogP contribution is 2.12. The summed E-state index contributed by atoms with van der Waals surface area (Å²) in [5, 5.41) is 3.11. The molecular formula is C10H13ClN2O2. The summed E-state index contributed by atoms with van der Waals surface area (Å²) in [6, 6.07) is 1.53. The van der Waals surface area contributed by atoms with Crippen LogP contribution in [-0.4, -0.2) is 30.6 Å². The summed E-state index contributed by atoms with van der Waals surface area (Å²) in [6.07, 6.45) is 2.97. The average molecular weight is 229 g/mol. The Morgan fingerprint density at radius 2 is 2.47 bits per heavy atom. The van der Waals surface area contributed by atoms with Crippen molar-refractivity contribution in [1.29, 1.82) is 0 Å². The van der Waals surface area contributed by atoms with Gasteiger partial charge in [-0.1, -0.05) is 11.6 Å². The van der Waals surface area contributed by atoms with Crippen molar-refractivity contribution < 1.29 is 9.53 Å². The lowest BCUT2D eigenvalue weighted by atomic mass is 10.2. The van der Waals surface area contributed by atoms with E-state index < -0.39 is 0 Å². The number of amides is 1. The van der Waals surface area contributed by atoms with E-state index in [1.807, 2.05) is 6.92 Å². The third-order valence-electron chi connectivity index (χ3n) is 1.81. The molecule has 4 nitrogen and oxygen atoms in total. The third kappa shape index (κ3) is 3.49. The molecule has 1 unspecified atom stereocenters. The van der Waals surface area contributed by atoms with Crippen molar-refractivity contribution in [3.8, 4) is 0 Å². The number of ether oxygens (including phenoxy) is 1. The fourth-order valence-electron chi connectivity index (χ4n) is 1.15. The number of nitrogens with zero attached hydrogens (tertiary/aromatic N) is 1. The number of hydrogen-bond donors (Lipinski definition) is 1. The molecule has 82 valence electrons. The molecule has 1 heterocycles. The van der Waals surface area contributed by atoms with Crippen LogP contribution in [0.3, 0.4) is 0 Å². The van der Waals surface area contributed by atoms with E-state index in [2.05, 4.69) is 10.3 Å². The van der Waals surface area contributed by atoms with Crippen molar-refractivity contribution in [3.63, 3.8) is 0 Å². The van der Waals surface area contributed by atoms with Crippen LogP contribution in [0.1, 0.15) is 17.3 Å². The van der Waals surface area contributed by atoms with Gasteiger partial charge < -0.3 is 10.1 Å². The standard InChI is InChI=1S/C10H13ClN2O2/c1-7(6-15-2)13-10(14)8-3-4-12-5-9(8)11/h3-5,7H,6H2,1-2H3,(H,13,14). The van der Waals surface area contributed by atoms with Crippen LogP contribution in [0, 0.1) is 0 Å². The minimum absolute atomic E-state index is 0.0493. The first-order valence-electron chi connectivity index (χ1n) is 4.54. The number of aromatic nitrogens is 1. The van der Waals surface area contributed by atoms with Gasteiger partial charge >= 0.3 is 0 Å². The lowest BCUT2D eigenvalue weighted by Gasteiger charge is -2.12. The lowest BCUT2D eigenvalue weighted by molar-refractivity contribution is 0.0905. The van der Waals surface area contributed by atoms with E-state index in [9.17, 15) is 4.79 Å². The van der Waals surface area contributed by atoms with Gasteiger partial charge in [0.25, 0.3) is 5.91 Å². The molecule has 0 saturated heterocycles. The van der Waals surface area contributed by atoms with Gasteiger partial charge in [0.1, 0.15) is 0 Å². The molecule has 0 radical (unpaired) electrons. The van der Waals surface area contributed by atoms with Crippen LogP contribution in [0.5, 0.6) is 0 Å². The maximum Gasteiger partial charge on any atom is 0.253 e. The predicted octanol–water partition coefficient (Wildman–Crippen LogP) is 1.50. The van der Waals surface area contributed by atoms with Gasteiger partial charge in [-0.3, -0.25) is 9.78 Å². The van der Waals surface area contributed by atoms with E-state index in [0.29, 0.717) is 17.2 Å². The van der Waals surface area contributed by atoms with Gasteiger partial charge in [0.2, 0.25) is 0 Å². The van der Waals surface area contributed by atoms with Gasteiger partial charge in [0, 0.05) is 25.5 Å². The summed E-state index contributed by atoms with van der Waals surface area (Å²) in [5.74, 6) is -0.216. The molecule has 1 amide bonds. The van der Waals surface area contributed by atoms with Crippen molar-refractivity contribution in [2.45, 2.75) is 13.0 Å². The first kappa shape index (κ1) is 11.9. The molecule has 0 aromatic carbocycles. The molecule has 1 N–H and O–H groups in total. The van der Waals surface area contributed by atoms with Crippen LogP contribution in [-0.2, 0) is 4.74 Å². The Morgan fingerprint density at radius 1 is 1.73 bits per heavy atom. The Bertz CT molecular complexity index is 344. The summed E-state index contributed by atoms with van der Waals surface area (Å²) < 4.78 is 4.91. The van der Waals surface area contributed by atoms with Crippen LogP contribution >= 0.6 is 11.6 Å². The van der Waals surface area contributed by atoms with E-state index in [0.717, 1.165) is 0 Å². The SMILES string of the molecule is COCC(C)NC(=O)c1ccncc1Cl. The molecule has 0 saturated carbocycles. The van der Waals surface area contributed by atoms with E-state index in [-0.39, 0.29) is 11.9 Å². The molecule has 0 bridgehead atoms. The molecule has 0 fully saturated rings.